The third-order valence-electron chi connectivity index (χ3n) is 7.51. The lowest BCUT2D eigenvalue weighted by Crippen LogP contribution is -2.53. The van der Waals surface area contributed by atoms with Crippen LogP contribution in [0, 0.1) is 37.0 Å². The van der Waals surface area contributed by atoms with Gasteiger partial charge in [0.25, 0.3) is 0 Å². The Bertz CT molecular complexity index is 931. The molecular formula is C24H32N4OS. The monoisotopic (exact) mass is 424 g/mol. The summed E-state index contributed by atoms with van der Waals surface area (Å²) in [5.74, 6) is 4.32. The first-order chi connectivity index (χ1) is 14.5. The molecule has 1 amide bonds. The highest BCUT2D eigenvalue weighted by Gasteiger charge is 2.54. The number of aryl methyl sites for hydroxylation is 2. The van der Waals surface area contributed by atoms with Crippen molar-refractivity contribution < 1.29 is 4.79 Å². The smallest absolute Gasteiger partial charge is 0.226 e. The second kappa shape index (κ2) is 7.70. The van der Waals surface area contributed by atoms with Crippen molar-refractivity contribution in [3.8, 4) is 5.69 Å². The highest BCUT2D eigenvalue weighted by molar-refractivity contribution is 7.99. The van der Waals surface area contributed by atoms with Crippen molar-refractivity contribution in [2.75, 3.05) is 5.75 Å². The van der Waals surface area contributed by atoms with Crippen LogP contribution in [0.4, 0.5) is 0 Å². The standard InChI is InChI=1S/C24H32N4OS/c1-4-30-23-27-26-21(28(23)20-7-15(2)5-6-16(20)3)14-25-22(29)24-11-17-8-18(12-24)10-19(9-17)13-24/h5-7,17-19H,4,8-14H2,1-3H3,(H,25,29). The average Bonchev–Trinajstić information content (AvgIpc) is 3.09. The van der Waals surface area contributed by atoms with Gasteiger partial charge in [-0.15, -0.1) is 10.2 Å². The van der Waals surface area contributed by atoms with Gasteiger partial charge in [0.15, 0.2) is 11.0 Å². The van der Waals surface area contributed by atoms with Crippen molar-refractivity contribution in [3.63, 3.8) is 0 Å². The van der Waals surface area contributed by atoms with Crippen LogP contribution in [0.5, 0.6) is 0 Å². The molecule has 5 nitrogen and oxygen atoms in total. The summed E-state index contributed by atoms with van der Waals surface area (Å²) in [6.45, 7) is 6.79. The second-order valence-electron chi connectivity index (χ2n) is 9.84. The van der Waals surface area contributed by atoms with Crippen LogP contribution in [-0.2, 0) is 11.3 Å². The summed E-state index contributed by atoms with van der Waals surface area (Å²) in [5.41, 5.74) is 3.38. The quantitative estimate of drug-likeness (QED) is 0.675. The molecule has 4 fully saturated rings. The maximum atomic E-state index is 13.4. The zero-order valence-corrected chi connectivity index (χ0v) is 19.1. The maximum absolute atomic E-state index is 13.4. The van der Waals surface area contributed by atoms with Crippen molar-refractivity contribution in [2.45, 2.75) is 71.0 Å². The highest BCUT2D eigenvalue weighted by Crippen LogP contribution is 2.60. The molecule has 160 valence electrons. The van der Waals surface area contributed by atoms with Gasteiger partial charge in [-0.2, -0.15) is 0 Å². The van der Waals surface area contributed by atoms with Crippen molar-refractivity contribution in [2.24, 2.45) is 23.2 Å². The van der Waals surface area contributed by atoms with Crippen molar-refractivity contribution in [3.05, 3.63) is 35.2 Å². The van der Waals surface area contributed by atoms with E-state index < -0.39 is 0 Å². The van der Waals surface area contributed by atoms with Crippen LogP contribution in [0.1, 0.15) is 62.4 Å². The molecule has 2 aromatic rings. The number of thioether (sulfide) groups is 1. The molecule has 1 aromatic heterocycles. The molecular weight excluding hydrogens is 392 g/mol. The first-order valence-corrected chi connectivity index (χ1v) is 12.4. The fourth-order valence-electron chi connectivity index (χ4n) is 6.58. The molecule has 1 heterocycles. The molecule has 0 aliphatic heterocycles. The van der Waals surface area contributed by atoms with E-state index in [0.29, 0.717) is 6.54 Å². The lowest BCUT2D eigenvalue weighted by Gasteiger charge is -2.55. The summed E-state index contributed by atoms with van der Waals surface area (Å²) in [4.78, 5) is 13.4. The second-order valence-corrected chi connectivity index (χ2v) is 11.1. The summed E-state index contributed by atoms with van der Waals surface area (Å²) in [6.07, 6.45) is 7.32. The number of hydrogen-bond donors (Lipinski definition) is 1. The Kier molecular flexibility index (Phi) is 5.16. The molecule has 0 radical (unpaired) electrons. The fraction of sp³-hybridized carbons (Fsp3) is 0.625. The van der Waals surface area contributed by atoms with Crippen molar-refractivity contribution in [1.29, 1.82) is 0 Å². The Labute approximate surface area is 183 Å². The van der Waals surface area contributed by atoms with E-state index in [2.05, 4.69) is 59.1 Å². The normalized spacial score (nSPS) is 29.4. The number of benzene rings is 1. The minimum Gasteiger partial charge on any atom is -0.348 e. The topological polar surface area (TPSA) is 59.8 Å². The van der Waals surface area contributed by atoms with Crippen LogP contribution < -0.4 is 5.32 Å². The number of nitrogens with one attached hydrogen (secondary N) is 1. The Morgan fingerprint density at radius 3 is 2.43 bits per heavy atom. The van der Waals surface area contributed by atoms with E-state index in [1.807, 2.05) is 0 Å². The first kappa shape index (κ1) is 20.1. The fourth-order valence-corrected chi connectivity index (χ4v) is 7.26. The van der Waals surface area contributed by atoms with Gasteiger partial charge >= 0.3 is 0 Å². The number of carbonyl (C=O) groups is 1. The van der Waals surface area contributed by atoms with Crippen LogP contribution in [0.15, 0.2) is 23.4 Å². The Balaban J connectivity index is 1.39. The molecule has 1 N–H and O–H groups in total. The van der Waals surface area contributed by atoms with Gasteiger partial charge in [-0.3, -0.25) is 9.36 Å². The number of rotatable bonds is 6. The predicted molar refractivity (Wildman–Crippen MR) is 120 cm³/mol. The Hall–Kier alpha value is -1.82. The molecule has 1 aromatic carbocycles. The zero-order valence-electron chi connectivity index (χ0n) is 18.3. The predicted octanol–water partition coefficient (Wildman–Crippen LogP) is 4.83. The van der Waals surface area contributed by atoms with Crippen LogP contribution in [0.2, 0.25) is 0 Å². The van der Waals surface area contributed by atoms with Crippen LogP contribution in [0.25, 0.3) is 5.69 Å². The molecule has 0 atom stereocenters. The molecule has 0 spiro atoms. The van der Waals surface area contributed by atoms with Gasteiger partial charge in [0, 0.05) is 5.41 Å². The van der Waals surface area contributed by atoms with Gasteiger partial charge in [-0.25, -0.2) is 0 Å². The third-order valence-corrected chi connectivity index (χ3v) is 8.32. The number of amides is 1. The van der Waals surface area contributed by atoms with Gasteiger partial charge in [-0.05, 0) is 93.1 Å². The van der Waals surface area contributed by atoms with Crippen LogP contribution >= 0.6 is 11.8 Å². The molecule has 0 unspecified atom stereocenters. The van der Waals surface area contributed by atoms with Gasteiger partial charge in [0.1, 0.15) is 0 Å². The number of hydrogen-bond acceptors (Lipinski definition) is 4. The third kappa shape index (κ3) is 3.47. The molecule has 0 saturated heterocycles. The van der Waals surface area contributed by atoms with E-state index in [9.17, 15) is 4.79 Å². The first-order valence-electron chi connectivity index (χ1n) is 11.4. The van der Waals surface area contributed by atoms with Crippen LogP contribution in [-0.4, -0.2) is 26.4 Å². The molecule has 4 aliphatic rings. The zero-order chi connectivity index (χ0) is 20.9. The van der Waals surface area contributed by atoms with E-state index in [-0.39, 0.29) is 11.3 Å². The maximum Gasteiger partial charge on any atom is 0.226 e. The summed E-state index contributed by atoms with van der Waals surface area (Å²) in [5, 5.41) is 13.1. The number of nitrogens with zero attached hydrogens (tertiary/aromatic N) is 3. The summed E-state index contributed by atoms with van der Waals surface area (Å²) in [6, 6.07) is 6.45. The van der Waals surface area contributed by atoms with Crippen molar-refractivity contribution in [1.82, 2.24) is 20.1 Å². The summed E-state index contributed by atoms with van der Waals surface area (Å²) < 4.78 is 2.14. The average molecular weight is 425 g/mol. The molecule has 6 rings (SSSR count). The molecule has 4 bridgehead atoms. The molecule has 30 heavy (non-hydrogen) atoms. The Morgan fingerprint density at radius 2 is 1.80 bits per heavy atom. The van der Waals surface area contributed by atoms with Gasteiger partial charge in [0.2, 0.25) is 5.91 Å². The van der Waals surface area contributed by atoms with E-state index in [1.165, 1.54) is 30.4 Å². The van der Waals surface area contributed by atoms with E-state index in [1.54, 1.807) is 11.8 Å². The number of aromatic nitrogens is 3. The lowest BCUT2D eigenvalue weighted by molar-refractivity contribution is -0.146. The van der Waals surface area contributed by atoms with Crippen molar-refractivity contribution >= 4 is 17.7 Å². The van der Waals surface area contributed by atoms with E-state index >= 15 is 0 Å². The van der Waals surface area contributed by atoms with Crippen LogP contribution in [0.3, 0.4) is 0 Å². The molecule has 4 aliphatic carbocycles. The van der Waals surface area contributed by atoms with E-state index in [4.69, 9.17) is 0 Å². The highest BCUT2D eigenvalue weighted by atomic mass is 32.2. The Morgan fingerprint density at radius 1 is 1.13 bits per heavy atom. The van der Waals surface area contributed by atoms with Gasteiger partial charge < -0.3 is 5.32 Å². The number of carbonyl (C=O) groups excluding carboxylic acids is 1. The van der Waals surface area contributed by atoms with Gasteiger partial charge in [0.05, 0.1) is 12.2 Å². The lowest BCUT2D eigenvalue weighted by atomic mass is 9.49. The van der Waals surface area contributed by atoms with E-state index in [0.717, 1.165) is 59.4 Å². The summed E-state index contributed by atoms with van der Waals surface area (Å²) in [7, 11) is 0. The molecule has 6 heteroatoms. The van der Waals surface area contributed by atoms with Gasteiger partial charge in [-0.1, -0.05) is 30.8 Å². The summed E-state index contributed by atoms with van der Waals surface area (Å²) >= 11 is 1.69. The minimum atomic E-state index is -0.125. The largest absolute Gasteiger partial charge is 0.348 e. The minimum absolute atomic E-state index is 0.125. The SMILES string of the molecule is CCSc1nnc(CNC(=O)C23CC4CC(CC(C4)C2)C3)n1-c1cc(C)ccc1C. The molecule has 4 saturated carbocycles.